The number of para-hydroxylation sites is 1. The number of benzene rings is 2. The van der Waals surface area contributed by atoms with Crippen molar-refractivity contribution in [2.24, 2.45) is 7.05 Å². The largest absolute Gasteiger partial charge is 0.473 e. The molecule has 6 N–H and O–H groups in total. The number of carboxylic acid groups (broad SMARTS) is 4. The Labute approximate surface area is 277 Å². The highest BCUT2D eigenvalue weighted by molar-refractivity contribution is 6.27. The molecule has 1 aliphatic heterocycles. The van der Waals surface area contributed by atoms with Crippen LogP contribution in [0.3, 0.4) is 0 Å². The summed E-state index contributed by atoms with van der Waals surface area (Å²) in [4.78, 5) is 52.3. The van der Waals surface area contributed by atoms with Gasteiger partial charge in [0.2, 0.25) is 0 Å². The van der Waals surface area contributed by atoms with Crippen LogP contribution >= 0.6 is 0 Å². The number of ether oxygens (including phenoxy) is 1. The minimum Gasteiger partial charge on any atom is -0.473 e. The average molecular weight is 670 g/mol. The smallest absolute Gasteiger partial charge is 0.414 e. The first-order valence-electron chi connectivity index (χ1n) is 15.5. The van der Waals surface area contributed by atoms with E-state index in [4.69, 9.17) is 44.3 Å². The van der Waals surface area contributed by atoms with Crippen LogP contribution in [0.5, 0.6) is 0 Å². The molecule has 48 heavy (non-hydrogen) atoms. The van der Waals surface area contributed by atoms with Crippen LogP contribution in [0, 0.1) is 6.92 Å². The Balaban J connectivity index is 0.000000446. The van der Waals surface area contributed by atoms with E-state index in [1.165, 1.54) is 37.7 Å². The molecule has 2 fully saturated rings. The Morgan fingerprint density at radius 2 is 1.35 bits per heavy atom. The maximum absolute atomic E-state index is 13.2. The first-order chi connectivity index (χ1) is 22.9. The van der Waals surface area contributed by atoms with Crippen molar-refractivity contribution in [3.05, 3.63) is 76.2 Å². The number of aliphatic carboxylic acids is 4. The van der Waals surface area contributed by atoms with Gasteiger partial charge in [0.15, 0.2) is 0 Å². The summed E-state index contributed by atoms with van der Waals surface area (Å²) in [7, 11) is 1.92. The van der Waals surface area contributed by atoms with Gasteiger partial charge in [-0.2, -0.15) is 0 Å². The van der Waals surface area contributed by atoms with Gasteiger partial charge in [-0.25, -0.2) is 23.9 Å². The molecule has 2 aliphatic rings. The van der Waals surface area contributed by atoms with Crippen molar-refractivity contribution in [3.63, 3.8) is 0 Å². The van der Waals surface area contributed by atoms with Crippen molar-refractivity contribution in [1.82, 2.24) is 19.6 Å². The van der Waals surface area contributed by atoms with Gasteiger partial charge in [-0.15, -0.1) is 0 Å². The van der Waals surface area contributed by atoms with Crippen LogP contribution in [-0.2, 0) is 37.5 Å². The third kappa shape index (κ3) is 10.3. The Kier molecular flexibility index (Phi) is 13.9. The minimum atomic E-state index is -1.82. The van der Waals surface area contributed by atoms with Gasteiger partial charge in [-0.1, -0.05) is 49.6 Å². The van der Waals surface area contributed by atoms with Crippen molar-refractivity contribution in [2.75, 3.05) is 38.2 Å². The highest BCUT2D eigenvalue weighted by Gasteiger charge is 2.38. The fourth-order valence-electron chi connectivity index (χ4n) is 5.85. The average Bonchev–Trinajstić information content (AvgIpc) is 3.29. The Morgan fingerprint density at radius 3 is 1.88 bits per heavy atom. The molecule has 0 radical (unpaired) electrons. The number of nitrogens with zero attached hydrogens (tertiary/aromatic N) is 3. The van der Waals surface area contributed by atoms with Crippen LogP contribution in [0.1, 0.15) is 43.4 Å². The number of aromatic nitrogens is 2. The van der Waals surface area contributed by atoms with Gasteiger partial charge < -0.3 is 35.8 Å². The summed E-state index contributed by atoms with van der Waals surface area (Å²) in [5, 5.41) is 36.7. The van der Waals surface area contributed by atoms with Gasteiger partial charge in [0.25, 0.3) is 5.56 Å². The Hall–Kier alpha value is -4.99. The van der Waals surface area contributed by atoms with Crippen LogP contribution in [0.15, 0.2) is 59.4 Å². The summed E-state index contributed by atoms with van der Waals surface area (Å²) in [6.07, 6.45) is 6.56. The second-order valence-corrected chi connectivity index (χ2v) is 11.5. The monoisotopic (exact) mass is 669 g/mol. The van der Waals surface area contributed by atoms with Gasteiger partial charge in [-0.05, 0) is 49.6 Å². The number of carboxylic acids is 4. The predicted molar refractivity (Wildman–Crippen MR) is 176 cm³/mol. The van der Waals surface area contributed by atoms with Crippen LogP contribution < -0.4 is 16.2 Å². The molecule has 1 aromatic heterocycles. The standard InChI is InChI=1S/C29H39N5O2.2C2H2O4/c1-23-27(28(35)34(32(23)2)26-9-5-3-6-10-26)31-25-13-11-24(12-14-25)21-30-22-29(15-7-4-8-16-29)33-17-19-36-20-18-33;2*3-1(4)2(5)6/h3,5-6,9-14,30-31H,4,7-8,15-22H2,1-2H3;2*(H,3,4)(H,5,6). The van der Waals surface area contributed by atoms with Gasteiger partial charge in [-0.3, -0.25) is 14.4 Å². The molecule has 2 heterocycles. The summed E-state index contributed by atoms with van der Waals surface area (Å²) >= 11 is 0. The lowest BCUT2D eigenvalue weighted by molar-refractivity contribution is -0.159. The number of hydrogen-bond donors (Lipinski definition) is 6. The van der Waals surface area contributed by atoms with Crippen molar-refractivity contribution in [2.45, 2.75) is 51.1 Å². The van der Waals surface area contributed by atoms with Gasteiger partial charge in [0, 0.05) is 44.5 Å². The van der Waals surface area contributed by atoms with Crippen molar-refractivity contribution < 1.29 is 44.3 Å². The zero-order chi connectivity index (χ0) is 35.3. The molecule has 1 aliphatic carbocycles. The molecule has 1 saturated heterocycles. The van der Waals surface area contributed by atoms with E-state index in [2.05, 4.69) is 39.8 Å². The molecule has 3 aromatic rings. The summed E-state index contributed by atoms with van der Waals surface area (Å²) in [5.74, 6) is -7.30. The Morgan fingerprint density at radius 1 is 0.812 bits per heavy atom. The van der Waals surface area contributed by atoms with E-state index in [0.717, 1.165) is 56.5 Å². The fraction of sp³-hybridized carbons (Fsp3) is 0.424. The van der Waals surface area contributed by atoms with Crippen LogP contribution in [0.4, 0.5) is 11.4 Å². The number of morpholine rings is 1. The quantitative estimate of drug-likeness (QED) is 0.191. The molecule has 15 heteroatoms. The van der Waals surface area contributed by atoms with E-state index in [1.807, 2.05) is 49.0 Å². The minimum absolute atomic E-state index is 0.0483. The van der Waals surface area contributed by atoms with E-state index in [1.54, 1.807) is 4.68 Å². The first-order valence-corrected chi connectivity index (χ1v) is 15.5. The maximum atomic E-state index is 13.2. The summed E-state index contributed by atoms with van der Waals surface area (Å²) in [6, 6.07) is 18.2. The summed E-state index contributed by atoms with van der Waals surface area (Å²) < 4.78 is 9.21. The van der Waals surface area contributed by atoms with Crippen molar-refractivity contribution in [3.8, 4) is 5.69 Å². The van der Waals surface area contributed by atoms with E-state index in [9.17, 15) is 4.79 Å². The van der Waals surface area contributed by atoms with Gasteiger partial charge in [0.1, 0.15) is 5.69 Å². The lowest BCUT2D eigenvalue weighted by atomic mass is 9.79. The zero-order valence-electron chi connectivity index (χ0n) is 27.1. The molecule has 260 valence electrons. The molecular weight excluding hydrogens is 626 g/mol. The lowest BCUT2D eigenvalue weighted by Crippen LogP contribution is -2.59. The van der Waals surface area contributed by atoms with E-state index >= 15 is 0 Å². The van der Waals surface area contributed by atoms with Crippen LogP contribution in [-0.4, -0.2) is 97.0 Å². The van der Waals surface area contributed by atoms with E-state index < -0.39 is 23.9 Å². The molecule has 15 nitrogen and oxygen atoms in total. The van der Waals surface area contributed by atoms with E-state index in [-0.39, 0.29) is 11.1 Å². The predicted octanol–water partition coefficient (Wildman–Crippen LogP) is 2.66. The van der Waals surface area contributed by atoms with E-state index in [0.29, 0.717) is 5.69 Å². The number of hydrogen-bond acceptors (Lipinski definition) is 9. The molecule has 0 spiro atoms. The summed E-state index contributed by atoms with van der Waals surface area (Å²) in [6.45, 7) is 7.64. The second-order valence-electron chi connectivity index (χ2n) is 11.5. The zero-order valence-corrected chi connectivity index (χ0v) is 27.1. The number of nitrogens with one attached hydrogen (secondary N) is 2. The molecular formula is C33H43N5O10. The number of carbonyl (C=O) groups is 4. The van der Waals surface area contributed by atoms with Gasteiger partial charge in [0.05, 0.1) is 24.6 Å². The Bertz CT molecular complexity index is 1540. The molecule has 2 aromatic carbocycles. The maximum Gasteiger partial charge on any atom is 0.414 e. The van der Waals surface area contributed by atoms with Crippen molar-refractivity contribution >= 4 is 35.3 Å². The third-order valence-corrected chi connectivity index (χ3v) is 8.39. The molecule has 5 rings (SSSR count). The molecule has 0 unspecified atom stereocenters. The fourth-order valence-corrected chi connectivity index (χ4v) is 5.85. The molecule has 0 atom stereocenters. The van der Waals surface area contributed by atoms with Crippen molar-refractivity contribution in [1.29, 1.82) is 0 Å². The molecule has 1 saturated carbocycles. The lowest BCUT2D eigenvalue weighted by Gasteiger charge is -2.48. The number of anilines is 2. The first kappa shape index (κ1) is 37.5. The summed E-state index contributed by atoms with van der Waals surface area (Å²) in [5.41, 5.74) is 4.75. The second kappa shape index (κ2) is 17.8. The highest BCUT2D eigenvalue weighted by Crippen LogP contribution is 2.34. The normalized spacial score (nSPS) is 15.5. The highest BCUT2D eigenvalue weighted by atomic mass is 16.5. The van der Waals surface area contributed by atoms with Crippen LogP contribution in [0.25, 0.3) is 5.69 Å². The molecule has 0 amide bonds. The number of rotatable bonds is 8. The van der Waals surface area contributed by atoms with Crippen LogP contribution in [0.2, 0.25) is 0 Å². The molecule has 0 bridgehead atoms. The SMILES string of the molecule is Cc1c(Nc2ccc(CNCC3(N4CCOCC4)CCCCC3)cc2)c(=O)n(-c2ccccc2)n1C.O=C(O)C(=O)O.O=C(O)C(=O)O. The topological polar surface area (TPSA) is 213 Å². The van der Waals surface area contributed by atoms with Gasteiger partial charge >= 0.3 is 23.9 Å². The third-order valence-electron chi connectivity index (χ3n) is 8.39.